The predicted octanol–water partition coefficient (Wildman–Crippen LogP) is 3.59. The monoisotopic (exact) mass is 352 g/mol. The highest BCUT2D eigenvalue weighted by molar-refractivity contribution is 7.07. The van der Waals surface area contributed by atoms with Gasteiger partial charge in [0.05, 0.1) is 19.1 Å². The molecule has 6 heteroatoms. The molecule has 0 bridgehead atoms. The molecule has 1 unspecified atom stereocenters. The number of amides is 1. The zero-order valence-electron chi connectivity index (χ0n) is 13.3. The van der Waals surface area contributed by atoms with Crippen LogP contribution in [0.25, 0.3) is 0 Å². The summed E-state index contributed by atoms with van der Waals surface area (Å²) in [5.41, 5.74) is 1.22. The Morgan fingerprint density at radius 3 is 2.65 bits per heavy atom. The molecule has 1 amide bonds. The van der Waals surface area contributed by atoms with Gasteiger partial charge in [0.2, 0.25) is 5.91 Å². The maximum Gasteiger partial charge on any atom is 0.223 e. The van der Waals surface area contributed by atoms with E-state index in [-0.39, 0.29) is 11.9 Å². The first-order valence-corrected chi connectivity index (χ1v) is 8.72. The largest absolute Gasteiger partial charge is 0.493 e. The molecule has 0 spiro atoms. The molecule has 0 radical (unpaired) electrons. The lowest BCUT2D eigenvalue weighted by molar-refractivity contribution is -0.121. The summed E-state index contributed by atoms with van der Waals surface area (Å²) in [5.74, 6) is 0.702. The summed E-state index contributed by atoms with van der Waals surface area (Å²) >= 11 is 7.48. The van der Waals surface area contributed by atoms with Crippen LogP contribution in [0.2, 0.25) is 5.02 Å². The van der Waals surface area contributed by atoms with Crippen LogP contribution in [0.4, 0.5) is 0 Å². The van der Waals surface area contributed by atoms with E-state index in [4.69, 9.17) is 16.3 Å². The Bertz CT molecular complexity index is 600. The van der Waals surface area contributed by atoms with Crippen LogP contribution in [0.3, 0.4) is 0 Å². The molecule has 2 rings (SSSR count). The highest BCUT2D eigenvalue weighted by atomic mass is 35.5. The van der Waals surface area contributed by atoms with Crippen molar-refractivity contribution in [3.8, 4) is 5.75 Å². The molecule has 1 aromatic carbocycles. The van der Waals surface area contributed by atoms with Crippen molar-refractivity contribution in [2.45, 2.75) is 12.5 Å². The van der Waals surface area contributed by atoms with E-state index in [1.54, 1.807) is 35.6 Å². The number of halogens is 1. The van der Waals surface area contributed by atoms with Gasteiger partial charge in [-0.25, -0.2) is 0 Å². The molecular weight excluding hydrogens is 332 g/mol. The molecule has 23 heavy (non-hydrogen) atoms. The highest BCUT2D eigenvalue weighted by Gasteiger charge is 2.15. The molecular formula is C17H21ClN2O2S. The molecule has 0 saturated heterocycles. The minimum absolute atomic E-state index is 0.0129. The SMILES string of the molecule is CN(C)C(CNC(=O)CCOc1ccc(Cl)cc1)c1ccsc1. The van der Waals surface area contributed by atoms with Crippen molar-refractivity contribution >= 4 is 28.8 Å². The summed E-state index contributed by atoms with van der Waals surface area (Å²) in [7, 11) is 4.02. The summed E-state index contributed by atoms with van der Waals surface area (Å²) in [6, 6.07) is 9.38. The average Bonchev–Trinajstić information content (AvgIpc) is 3.03. The Morgan fingerprint density at radius 2 is 2.04 bits per heavy atom. The fourth-order valence-corrected chi connectivity index (χ4v) is 2.99. The average molecular weight is 353 g/mol. The van der Waals surface area contributed by atoms with E-state index in [9.17, 15) is 4.79 Å². The van der Waals surface area contributed by atoms with E-state index >= 15 is 0 Å². The van der Waals surface area contributed by atoms with Gasteiger partial charge in [-0.2, -0.15) is 11.3 Å². The molecule has 0 fully saturated rings. The molecule has 4 nitrogen and oxygen atoms in total. The van der Waals surface area contributed by atoms with Gasteiger partial charge in [-0.3, -0.25) is 4.79 Å². The van der Waals surface area contributed by atoms with Gasteiger partial charge in [-0.05, 0) is 60.8 Å². The summed E-state index contributed by atoms with van der Waals surface area (Å²) < 4.78 is 5.53. The number of nitrogens with one attached hydrogen (secondary N) is 1. The first kappa shape index (κ1) is 17.8. The van der Waals surface area contributed by atoms with E-state index in [1.807, 2.05) is 19.5 Å². The Hall–Kier alpha value is -1.56. The van der Waals surface area contributed by atoms with Crippen molar-refractivity contribution in [3.05, 3.63) is 51.7 Å². The van der Waals surface area contributed by atoms with Gasteiger partial charge in [0.15, 0.2) is 0 Å². The Morgan fingerprint density at radius 1 is 1.30 bits per heavy atom. The molecule has 0 aliphatic rings. The van der Waals surface area contributed by atoms with Gasteiger partial charge in [0, 0.05) is 11.6 Å². The summed E-state index contributed by atoms with van der Waals surface area (Å²) in [5, 5.41) is 7.80. The second kappa shape index (κ2) is 8.91. The number of carbonyl (C=O) groups is 1. The molecule has 2 aromatic rings. The number of ether oxygens (including phenoxy) is 1. The molecule has 1 aromatic heterocycles. The normalized spacial score (nSPS) is 12.2. The number of thiophene rings is 1. The molecule has 1 N–H and O–H groups in total. The topological polar surface area (TPSA) is 41.6 Å². The molecule has 124 valence electrons. The summed E-state index contributed by atoms with van der Waals surface area (Å²) in [4.78, 5) is 14.1. The highest BCUT2D eigenvalue weighted by Crippen LogP contribution is 2.20. The number of hydrogen-bond acceptors (Lipinski definition) is 4. The van der Waals surface area contributed by atoms with E-state index in [0.717, 1.165) is 0 Å². The van der Waals surface area contributed by atoms with Crippen molar-refractivity contribution in [2.75, 3.05) is 27.2 Å². The van der Waals surface area contributed by atoms with Crippen molar-refractivity contribution in [1.29, 1.82) is 0 Å². The van der Waals surface area contributed by atoms with Gasteiger partial charge in [-0.1, -0.05) is 11.6 Å². The van der Waals surface area contributed by atoms with E-state index in [0.29, 0.717) is 30.3 Å². The standard InChI is InChI=1S/C17H21ClN2O2S/c1-20(2)16(13-8-10-23-12-13)11-19-17(21)7-9-22-15-5-3-14(18)4-6-15/h3-6,8,10,12,16H,7,9,11H2,1-2H3,(H,19,21). The van der Waals surface area contributed by atoms with Gasteiger partial charge in [0.25, 0.3) is 0 Å². The van der Waals surface area contributed by atoms with Crippen molar-refractivity contribution < 1.29 is 9.53 Å². The van der Waals surface area contributed by atoms with Crippen molar-refractivity contribution in [2.24, 2.45) is 0 Å². The van der Waals surface area contributed by atoms with Crippen molar-refractivity contribution in [1.82, 2.24) is 10.2 Å². The quantitative estimate of drug-likeness (QED) is 0.789. The number of carbonyl (C=O) groups excluding carboxylic acids is 1. The van der Waals surface area contributed by atoms with Gasteiger partial charge >= 0.3 is 0 Å². The number of rotatable bonds is 8. The van der Waals surface area contributed by atoms with E-state index in [2.05, 4.69) is 21.7 Å². The van der Waals surface area contributed by atoms with Crippen LogP contribution in [0.1, 0.15) is 18.0 Å². The minimum Gasteiger partial charge on any atom is -0.493 e. The third kappa shape index (κ3) is 5.86. The van der Waals surface area contributed by atoms with Crippen LogP contribution < -0.4 is 10.1 Å². The van der Waals surface area contributed by atoms with Gasteiger partial charge in [0.1, 0.15) is 5.75 Å². The minimum atomic E-state index is -0.0129. The van der Waals surface area contributed by atoms with Crippen LogP contribution in [0.15, 0.2) is 41.1 Å². The smallest absolute Gasteiger partial charge is 0.223 e. The maximum atomic E-state index is 12.0. The number of likely N-dealkylation sites (N-methyl/N-ethyl adjacent to an activating group) is 1. The summed E-state index contributed by atoms with van der Waals surface area (Å²) in [6.07, 6.45) is 0.326. The lowest BCUT2D eigenvalue weighted by atomic mass is 10.1. The first-order chi connectivity index (χ1) is 11.1. The molecule has 1 atom stereocenters. The fraction of sp³-hybridized carbons (Fsp3) is 0.353. The van der Waals surface area contributed by atoms with Crippen LogP contribution in [-0.4, -0.2) is 38.1 Å². The lowest BCUT2D eigenvalue weighted by Gasteiger charge is -2.24. The van der Waals surface area contributed by atoms with Gasteiger partial charge in [-0.15, -0.1) is 0 Å². The van der Waals surface area contributed by atoms with Crippen LogP contribution >= 0.6 is 22.9 Å². The third-order valence-corrected chi connectivity index (χ3v) is 4.41. The van der Waals surface area contributed by atoms with Gasteiger partial charge < -0.3 is 15.0 Å². The molecule has 0 aliphatic carbocycles. The Labute approximate surface area is 146 Å². The fourth-order valence-electron chi connectivity index (χ4n) is 2.15. The lowest BCUT2D eigenvalue weighted by Crippen LogP contribution is -2.34. The molecule has 0 aliphatic heterocycles. The first-order valence-electron chi connectivity index (χ1n) is 7.40. The Balaban J connectivity index is 1.73. The predicted molar refractivity (Wildman–Crippen MR) is 95.3 cm³/mol. The maximum absolute atomic E-state index is 12.0. The van der Waals surface area contributed by atoms with Crippen LogP contribution in [-0.2, 0) is 4.79 Å². The van der Waals surface area contributed by atoms with E-state index < -0.39 is 0 Å². The summed E-state index contributed by atoms with van der Waals surface area (Å²) in [6.45, 7) is 0.933. The number of benzene rings is 1. The molecule has 1 heterocycles. The second-order valence-corrected chi connectivity index (χ2v) is 6.61. The Kier molecular flexibility index (Phi) is 6.89. The van der Waals surface area contributed by atoms with Crippen molar-refractivity contribution in [3.63, 3.8) is 0 Å². The van der Waals surface area contributed by atoms with E-state index in [1.165, 1.54) is 5.56 Å². The molecule has 0 saturated carbocycles. The number of hydrogen-bond donors (Lipinski definition) is 1. The van der Waals surface area contributed by atoms with Crippen LogP contribution in [0, 0.1) is 0 Å². The third-order valence-electron chi connectivity index (χ3n) is 3.46. The zero-order chi connectivity index (χ0) is 16.7. The second-order valence-electron chi connectivity index (χ2n) is 5.39. The zero-order valence-corrected chi connectivity index (χ0v) is 14.9. The number of nitrogens with zero attached hydrogens (tertiary/aromatic N) is 1. The van der Waals surface area contributed by atoms with Crippen LogP contribution in [0.5, 0.6) is 5.75 Å².